The van der Waals surface area contributed by atoms with E-state index in [0.29, 0.717) is 17.1 Å². The zero-order valence-corrected chi connectivity index (χ0v) is 9.50. The number of rotatable bonds is 2. The lowest BCUT2D eigenvalue weighted by atomic mass is 10.2. The van der Waals surface area contributed by atoms with Crippen molar-refractivity contribution in [2.45, 2.75) is 0 Å². The van der Waals surface area contributed by atoms with Crippen LogP contribution in [0.2, 0.25) is 0 Å². The number of amides is 1. The highest BCUT2D eigenvalue weighted by Crippen LogP contribution is 2.19. The molecule has 2 rings (SSSR count). The molecule has 0 saturated heterocycles. The van der Waals surface area contributed by atoms with Crippen LogP contribution in [0.5, 0.6) is 0 Å². The molecule has 0 aliphatic rings. The normalized spacial score (nSPS) is 9.94. The highest BCUT2D eigenvalue weighted by Gasteiger charge is 2.15. The molecular formula is C13H13N3O. The van der Waals surface area contributed by atoms with Crippen molar-refractivity contribution in [3.63, 3.8) is 0 Å². The van der Waals surface area contributed by atoms with E-state index < -0.39 is 0 Å². The second-order valence-corrected chi connectivity index (χ2v) is 3.65. The minimum absolute atomic E-state index is 0.129. The van der Waals surface area contributed by atoms with Crippen LogP contribution in [-0.2, 0) is 0 Å². The molecule has 0 aliphatic carbocycles. The zero-order valence-electron chi connectivity index (χ0n) is 9.50. The smallest absolute Gasteiger partial charge is 0.259 e. The lowest BCUT2D eigenvalue weighted by molar-refractivity contribution is 0.0992. The van der Waals surface area contributed by atoms with Gasteiger partial charge >= 0.3 is 0 Å². The van der Waals surface area contributed by atoms with E-state index in [1.54, 1.807) is 37.5 Å². The van der Waals surface area contributed by atoms with Crippen molar-refractivity contribution in [1.82, 2.24) is 4.98 Å². The maximum atomic E-state index is 12.1. The summed E-state index contributed by atoms with van der Waals surface area (Å²) in [5.74, 6) is 0.345. The Morgan fingerprint density at radius 2 is 1.88 bits per heavy atom. The molecule has 0 radical (unpaired) electrons. The fourth-order valence-corrected chi connectivity index (χ4v) is 1.56. The predicted octanol–water partition coefficient (Wildman–Crippen LogP) is 1.94. The van der Waals surface area contributed by atoms with Crippen molar-refractivity contribution in [2.75, 3.05) is 17.7 Å². The van der Waals surface area contributed by atoms with E-state index in [1.165, 1.54) is 4.90 Å². The van der Waals surface area contributed by atoms with Gasteiger partial charge in [0.05, 0.1) is 5.69 Å². The first-order valence-corrected chi connectivity index (χ1v) is 5.24. The fraction of sp³-hybridized carbons (Fsp3) is 0.0769. The van der Waals surface area contributed by atoms with Crippen LogP contribution in [0, 0.1) is 0 Å². The van der Waals surface area contributed by atoms with Gasteiger partial charge in [0, 0.05) is 18.8 Å². The number of anilines is 2. The van der Waals surface area contributed by atoms with Gasteiger partial charge in [0.15, 0.2) is 5.82 Å². The minimum atomic E-state index is -0.129. The molecule has 4 heteroatoms. The summed E-state index contributed by atoms with van der Waals surface area (Å²) in [6, 6.07) is 12.5. The monoisotopic (exact) mass is 227 g/mol. The molecule has 0 unspecified atom stereocenters. The van der Waals surface area contributed by atoms with Crippen LogP contribution >= 0.6 is 0 Å². The number of hydrogen-bond acceptors (Lipinski definition) is 3. The third kappa shape index (κ3) is 2.25. The van der Waals surface area contributed by atoms with Crippen LogP contribution in [0.1, 0.15) is 10.4 Å². The number of pyridine rings is 1. The number of carbonyl (C=O) groups is 1. The minimum Gasteiger partial charge on any atom is -0.396 e. The third-order valence-electron chi connectivity index (χ3n) is 2.46. The van der Waals surface area contributed by atoms with Crippen LogP contribution < -0.4 is 10.6 Å². The van der Waals surface area contributed by atoms with Crippen LogP contribution in [0.4, 0.5) is 11.5 Å². The molecule has 1 aromatic carbocycles. The average Bonchev–Trinajstić information content (AvgIpc) is 2.39. The topological polar surface area (TPSA) is 59.2 Å². The number of nitrogens with two attached hydrogens (primary N) is 1. The van der Waals surface area contributed by atoms with Gasteiger partial charge in [0.1, 0.15) is 0 Å². The van der Waals surface area contributed by atoms with Crippen molar-refractivity contribution in [3.05, 3.63) is 54.2 Å². The lowest BCUT2D eigenvalue weighted by Gasteiger charge is -2.17. The summed E-state index contributed by atoms with van der Waals surface area (Å²) >= 11 is 0. The molecule has 1 heterocycles. The van der Waals surface area contributed by atoms with Crippen LogP contribution in [-0.4, -0.2) is 17.9 Å². The first-order valence-electron chi connectivity index (χ1n) is 5.24. The van der Waals surface area contributed by atoms with Gasteiger partial charge < -0.3 is 5.73 Å². The Kier molecular flexibility index (Phi) is 3.05. The molecule has 0 bridgehead atoms. The molecule has 1 aromatic heterocycles. The first kappa shape index (κ1) is 11.1. The van der Waals surface area contributed by atoms with Crippen molar-refractivity contribution >= 4 is 17.4 Å². The number of aromatic nitrogens is 1. The van der Waals surface area contributed by atoms with E-state index in [0.717, 1.165) is 0 Å². The maximum absolute atomic E-state index is 12.1. The van der Waals surface area contributed by atoms with E-state index in [2.05, 4.69) is 4.98 Å². The third-order valence-corrected chi connectivity index (χ3v) is 2.46. The van der Waals surface area contributed by atoms with Gasteiger partial charge in [0.2, 0.25) is 0 Å². The maximum Gasteiger partial charge on any atom is 0.259 e. The molecule has 2 aromatic rings. The average molecular weight is 227 g/mol. The van der Waals surface area contributed by atoms with Crippen molar-refractivity contribution in [3.8, 4) is 0 Å². The van der Waals surface area contributed by atoms with Crippen molar-refractivity contribution in [1.29, 1.82) is 0 Å². The quantitative estimate of drug-likeness (QED) is 0.852. The summed E-state index contributed by atoms with van der Waals surface area (Å²) in [4.78, 5) is 17.7. The molecular weight excluding hydrogens is 214 g/mol. The Balaban J connectivity index is 2.30. The highest BCUT2D eigenvalue weighted by molar-refractivity contribution is 6.06. The zero-order chi connectivity index (χ0) is 12.3. The highest BCUT2D eigenvalue weighted by atomic mass is 16.2. The Hall–Kier alpha value is -2.36. The second-order valence-electron chi connectivity index (χ2n) is 3.65. The summed E-state index contributed by atoms with van der Waals surface area (Å²) in [7, 11) is 1.66. The molecule has 17 heavy (non-hydrogen) atoms. The molecule has 1 amide bonds. The van der Waals surface area contributed by atoms with E-state index >= 15 is 0 Å². The molecule has 86 valence electrons. The summed E-state index contributed by atoms with van der Waals surface area (Å²) in [6.07, 6.45) is 1.61. The molecule has 2 N–H and O–H groups in total. The second kappa shape index (κ2) is 4.65. The van der Waals surface area contributed by atoms with Crippen LogP contribution in [0.15, 0.2) is 48.7 Å². The Morgan fingerprint density at radius 1 is 1.18 bits per heavy atom. The van der Waals surface area contributed by atoms with Crippen molar-refractivity contribution < 1.29 is 4.79 Å². The van der Waals surface area contributed by atoms with Crippen molar-refractivity contribution in [2.24, 2.45) is 0 Å². The van der Waals surface area contributed by atoms with Gasteiger partial charge in [-0.15, -0.1) is 0 Å². The first-order chi connectivity index (χ1) is 8.20. The predicted molar refractivity (Wildman–Crippen MR) is 67.8 cm³/mol. The molecule has 0 fully saturated rings. The van der Waals surface area contributed by atoms with E-state index in [4.69, 9.17) is 5.73 Å². The van der Waals surface area contributed by atoms with Gasteiger partial charge in [-0.05, 0) is 24.3 Å². The lowest BCUT2D eigenvalue weighted by Crippen LogP contribution is -2.27. The summed E-state index contributed by atoms with van der Waals surface area (Å²) in [5.41, 5.74) is 6.88. The molecule has 4 nitrogen and oxygen atoms in total. The standard InChI is InChI=1S/C13H13N3O/c1-16(12-11(14)8-5-9-15-12)13(17)10-6-3-2-4-7-10/h2-9H,14H2,1H3. The molecule has 0 aliphatic heterocycles. The van der Waals surface area contributed by atoms with Gasteiger partial charge in [-0.3, -0.25) is 9.69 Å². The number of carbonyl (C=O) groups excluding carboxylic acids is 1. The van der Waals surface area contributed by atoms with E-state index in [1.807, 2.05) is 18.2 Å². The van der Waals surface area contributed by atoms with E-state index in [-0.39, 0.29) is 5.91 Å². The summed E-state index contributed by atoms with van der Waals surface area (Å²) < 4.78 is 0. The van der Waals surface area contributed by atoms with Crippen LogP contribution in [0.25, 0.3) is 0 Å². The molecule has 0 atom stereocenters. The van der Waals surface area contributed by atoms with Gasteiger partial charge in [0.25, 0.3) is 5.91 Å². The van der Waals surface area contributed by atoms with Gasteiger partial charge in [-0.25, -0.2) is 4.98 Å². The number of hydrogen-bond donors (Lipinski definition) is 1. The summed E-state index contributed by atoms with van der Waals surface area (Å²) in [6.45, 7) is 0. The van der Waals surface area contributed by atoms with Crippen LogP contribution in [0.3, 0.4) is 0 Å². The number of benzene rings is 1. The fourth-order valence-electron chi connectivity index (χ4n) is 1.56. The largest absolute Gasteiger partial charge is 0.396 e. The molecule has 0 spiro atoms. The SMILES string of the molecule is CN(C(=O)c1ccccc1)c1ncccc1N. The number of nitrogen functional groups attached to an aromatic ring is 1. The van der Waals surface area contributed by atoms with E-state index in [9.17, 15) is 4.79 Å². The number of nitrogens with zero attached hydrogens (tertiary/aromatic N) is 2. The Labute approximate surface area is 99.7 Å². The van der Waals surface area contributed by atoms with Gasteiger partial charge in [-0.2, -0.15) is 0 Å². The Morgan fingerprint density at radius 3 is 2.53 bits per heavy atom. The molecule has 0 saturated carbocycles. The summed E-state index contributed by atoms with van der Waals surface area (Å²) in [5, 5.41) is 0. The van der Waals surface area contributed by atoms with Gasteiger partial charge in [-0.1, -0.05) is 18.2 Å². The Bertz CT molecular complexity index is 525.